The van der Waals surface area contributed by atoms with Crippen LogP contribution in [-0.4, -0.2) is 65.9 Å². The highest BCUT2D eigenvalue weighted by Crippen LogP contribution is 2.29. The van der Waals surface area contributed by atoms with E-state index in [2.05, 4.69) is 9.88 Å². The highest BCUT2D eigenvalue weighted by atomic mass is 35.5. The molecule has 2 aliphatic heterocycles. The van der Waals surface area contributed by atoms with Crippen molar-refractivity contribution in [2.45, 2.75) is 38.3 Å². The van der Waals surface area contributed by atoms with Gasteiger partial charge in [0, 0.05) is 75.3 Å². The number of piperidine rings is 1. The van der Waals surface area contributed by atoms with Crippen molar-refractivity contribution in [3.63, 3.8) is 0 Å². The normalized spacial score (nSPS) is 19.1. The molecule has 0 unspecified atom stereocenters. The highest BCUT2D eigenvalue weighted by Gasteiger charge is 2.35. The molecule has 39 heavy (non-hydrogen) atoms. The van der Waals surface area contributed by atoms with Crippen LogP contribution in [0.5, 0.6) is 5.75 Å². The highest BCUT2D eigenvalue weighted by molar-refractivity contribution is 6.30. The van der Waals surface area contributed by atoms with Crippen LogP contribution in [0.25, 0.3) is 0 Å². The maximum absolute atomic E-state index is 13.6. The Labute approximate surface area is 235 Å². The van der Waals surface area contributed by atoms with Crippen molar-refractivity contribution in [2.75, 3.05) is 38.1 Å². The van der Waals surface area contributed by atoms with E-state index >= 15 is 0 Å². The number of nitrogens with zero attached hydrogens (tertiary/aromatic N) is 4. The zero-order chi connectivity index (χ0) is 27.2. The summed E-state index contributed by atoms with van der Waals surface area (Å²) in [6, 6.07) is 20.9. The Morgan fingerprint density at radius 2 is 1.77 bits per heavy atom. The van der Waals surface area contributed by atoms with Crippen molar-refractivity contribution < 1.29 is 14.3 Å². The number of halogens is 1. The number of anilines is 1. The SMILES string of the molecule is CN(Cc1ccccc1)C(=O)C[C@H]1CN(C(=O)c2ccnc(N3CCCC3)c2)CC[C@@H]1Oc1ccc(Cl)cc1. The third-order valence-electron chi connectivity index (χ3n) is 7.60. The van der Waals surface area contributed by atoms with Gasteiger partial charge in [0.2, 0.25) is 5.91 Å². The molecule has 0 spiro atoms. The van der Waals surface area contributed by atoms with Gasteiger partial charge in [-0.3, -0.25) is 9.59 Å². The standard InChI is InChI=1S/C31H35ClN4O3/c1-34(21-23-7-3-2-4-8-23)30(37)20-25-22-36(18-14-28(25)39-27-11-9-26(32)10-12-27)31(38)24-13-15-33-29(19-24)35-16-5-6-17-35/h2-4,7-13,15,19,25,28H,5-6,14,16-18,20-22H2,1H3/t25-,28-/m0/s1. The van der Waals surface area contributed by atoms with Crippen LogP contribution in [0.3, 0.4) is 0 Å². The first-order valence-corrected chi connectivity index (χ1v) is 14.0. The second-order valence-corrected chi connectivity index (χ2v) is 10.9. The molecule has 0 aliphatic carbocycles. The Balaban J connectivity index is 1.30. The summed E-state index contributed by atoms with van der Waals surface area (Å²) in [6.45, 7) is 3.48. The minimum Gasteiger partial charge on any atom is -0.490 e. The summed E-state index contributed by atoms with van der Waals surface area (Å²) < 4.78 is 6.36. The monoisotopic (exact) mass is 546 g/mol. The van der Waals surface area contributed by atoms with Crippen LogP contribution in [0.15, 0.2) is 72.9 Å². The molecule has 7 nitrogen and oxygen atoms in total. The molecule has 0 bridgehead atoms. The molecule has 204 valence electrons. The minimum absolute atomic E-state index is 0.0297. The van der Waals surface area contributed by atoms with Crippen LogP contribution in [0.4, 0.5) is 5.82 Å². The predicted molar refractivity (Wildman–Crippen MR) is 153 cm³/mol. The summed E-state index contributed by atoms with van der Waals surface area (Å²) >= 11 is 6.06. The maximum Gasteiger partial charge on any atom is 0.254 e. The number of aromatic nitrogens is 1. The number of hydrogen-bond donors (Lipinski definition) is 0. The number of carbonyl (C=O) groups excluding carboxylic acids is 2. The molecule has 2 amide bonds. The molecule has 0 saturated carbocycles. The van der Waals surface area contributed by atoms with E-state index in [1.54, 1.807) is 29.3 Å². The summed E-state index contributed by atoms with van der Waals surface area (Å²) in [6.07, 6.45) is 4.75. The van der Waals surface area contributed by atoms with Crippen molar-refractivity contribution in [1.82, 2.24) is 14.8 Å². The number of rotatable bonds is 8. The molecular weight excluding hydrogens is 512 g/mol. The number of likely N-dealkylation sites (tertiary alicyclic amines) is 1. The van der Waals surface area contributed by atoms with Gasteiger partial charge in [0.15, 0.2) is 0 Å². The van der Waals surface area contributed by atoms with Crippen LogP contribution in [0, 0.1) is 5.92 Å². The van der Waals surface area contributed by atoms with E-state index in [9.17, 15) is 9.59 Å². The topological polar surface area (TPSA) is 66.0 Å². The van der Waals surface area contributed by atoms with E-state index in [1.807, 2.05) is 60.5 Å². The van der Waals surface area contributed by atoms with Gasteiger partial charge in [-0.15, -0.1) is 0 Å². The summed E-state index contributed by atoms with van der Waals surface area (Å²) in [5.74, 6) is 1.42. The summed E-state index contributed by atoms with van der Waals surface area (Å²) in [5.41, 5.74) is 1.71. The number of hydrogen-bond acceptors (Lipinski definition) is 5. The molecule has 2 atom stereocenters. The summed E-state index contributed by atoms with van der Waals surface area (Å²) in [5, 5.41) is 0.641. The van der Waals surface area contributed by atoms with Gasteiger partial charge in [-0.1, -0.05) is 41.9 Å². The molecule has 2 aromatic carbocycles. The summed E-state index contributed by atoms with van der Waals surface area (Å²) in [4.78, 5) is 37.3. The first kappa shape index (κ1) is 27.0. The van der Waals surface area contributed by atoms with E-state index in [0.717, 1.165) is 37.3 Å². The largest absolute Gasteiger partial charge is 0.490 e. The molecule has 3 heterocycles. The lowest BCUT2D eigenvalue weighted by molar-refractivity contribution is -0.132. The van der Waals surface area contributed by atoms with Crippen LogP contribution in [0.2, 0.25) is 5.02 Å². The third kappa shape index (κ3) is 6.90. The molecule has 0 radical (unpaired) electrons. The fourth-order valence-corrected chi connectivity index (χ4v) is 5.54. The molecule has 8 heteroatoms. The van der Waals surface area contributed by atoms with E-state index < -0.39 is 0 Å². The lowest BCUT2D eigenvalue weighted by atomic mass is 9.90. The minimum atomic E-state index is -0.193. The zero-order valence-electron chi connectivity index (χ0n) is 22.3. The van der Waals surface area contributed by atoms with Gasteiger partial charge in [-0.05, 0) is 54.8 Å². The second-order valence-electron chi connectivity index (χ2n) is 10.4. The maximum atomic E-state index is 13.6. The number of benzene rings is 2. The molecular formula is C31H35ClN4O3. The van der Waals surface area contributed by atoms with Crippen LogP contribution in [-0.2, 0) is 11.3 Å². The molecule has 2 fully saturated rings. The number of ether oxygens (including phenoxy) is 1. The van der Waals surface area contributed by atoms with Crippen molar-refractivity contribution in [2.24, 2.45) is 5.92 Å². The molecule has 2 aliphatic rings. The van der Waals surface area contributed by atoms with Gasteiger partial charge in [0.1, 0.15) is 17.7 Å². The van der Waals surface area contributed by atoms with Crippen molar-refractivity contribution in [3.05, 3.63) is 89.1 Å². The fourth-order valence-electron chi connectivity index (χ4n) is 5.41. The molecule has 0 N–H and O–H groups in total. The Bertz CT molecular complexity index is 1260. The smallest absolute Gasteiger partial charge is 0.254 e. The van der Waals surface area contributed by atoms with E-state index in [0.29, 0.717) is 48.8 Å². The number of amides is 2. The average molecular weight is 547 g/mol. The second kappa shape index (κ2) is 12.5. The van der Waals surface area contributed by atoms with Crippen LogP contribution >= 0.6 is 11.6 Å². The van der Waals surface area contributed by atoms with Gasteiger partial charge >= 0.3 is 0 Å². The summed E-state index contributed by atoms with van der Waals surface area (Å²) in [7, 11) is 1.83. The molecule has 3 aromatic rings. The Hall–Kier alpha value is -3.58. The van der Waals surface area contributed by atoms with E-state index in [4.69, 9.17) is 16.3 Å². The lowest BCUT2D eigenvalue weighted by Gasteiger charge is -2.39. The number of carbonyl (C=O) groups is 2. The zero-order valence-corrected chi connectivity index (χ0v) is 23.1. The van der Waals surface area contributed by atoms with Crippen LogP contribution in [0.1, 0.15) is 41.6 Å². The molecule has 2 saturated heterocycles. The van der Waals surface area contributed by atoms with E-state index in [1.165, 1.54) is 0 Å². The molecule has 1 aromatic heterocycles. The Morgan fingerprint density at radius 3 is 2.51 bits per heavy atom. The van der Waals surface area contributed by atoms with Crippen molar-refractivity contribution >= 4 is 29.2 Å². The van der Waals surface area contributed by atoms with Gasteiger partial charge in [-0.25, -0.2) is 4.98 Å². The Kier molecular flexibility index (Phi) is 8.67. The van der Waals surface area contributed by atoms with E-state index in [-0.39, 0.29) is 23.8 Å². The first-order valence-electron chi connectivity index (χ1n) is 13.7. The quantitative estimate of drug-likeness (QED) is 0.384. The molecule has 5 rings (SSSR count). The van der Waals surface area contributed by atoms with Gasteiger partial charge in [0.05, 0.1) is 0 Å². The van der Waals surface area contributed by atoms with Crippen molar-refractivity contribution in [1.29, 1.82) is 0 Å². The van der Waals surface area contributed by atoms with Gasteiger partial charge in [0.25, 0.3) is 5.91 Å². The number of pyridine rings is 1. The lowest BCUT2D eigenvalue weighted by Crippen LogP contribution is -2.49. The average Bonchev–Trinajstić information content (AvgIpc) is 3.51. The third-order valence-corrected chi connectivity index (χ3v) is 7.85. The van der Waals surface area contributed by atoms with Crippen molar-refractivity contribution in [3.8, 4) is 5.75 Å². The van der Waals surface area contributed by atoms with Gasteiger partial charge in [-0.2, -0.15) is 0 Å². The Morgan fingerprint density at radius 1 is 1.03 bits per heavy atom. The predicted octanol–water partition coefficient (Wildman–Crippen LogP) is 5.29. The van der Waals surface area contributed by atoms with Crippen LogP contribution < -0.4 is 9.64 Å². The first-order chi connectivity index (χ1) is 19.0. The fraction of sp³-hybridized carbons (Fsp3) is 0.387. The van der Waals surface area contributed by atoms with Gasteiger partial charge < -0.3 is 19.4 Å².